The fourth-order valence-electron chi connectivity index (χ4n) is 1.95. The second-order valence-electron chi connectivity index (χ2n) is 4.43. The third-order valence-electron chi connectivity index (χ3n) is 2.89. The highest BCUT2D eigenvalue weighted by molar-refractivity contribution is 5.70. The number of benzene rings is 1. The number of fused-ring (bicyclic) bond motifs is 1. The van der Waals surface area contributed by atoms with Gasteiger partial charge in [0.1, 0.15) is 5.82 Å². The smallest absolute Gasteiger partial charge is 0.177 e. The van der Waals surface area contributed by atoms with Gasteiger partial charge in [-0.1, -0.05) is 12.1 Å². The molecule has 0 saturated heterocycles. The highest BCUT2D eigenvalue weighted by Crippen LogP contribution is 2.13. The molecule has 0 amide bonds. The summed E-state index contributed by atoms with van der Waals surface area (Å²) in [5.74, 6) is 0.924. The number of H-pyrrole nitrogens is 1. The molecule has 0 aliphatic rings. The zero-order valence-corrected chi connectivity index (χ0v) is 10.1. The molecule has 2 aromatic heterocycles. The summed E-state index contributed by atoms with van der Waals surface area (Å²) in [6.07, 6.45) is 0.760. The maximum Gasteiger partial charge on any atom is 0.177 e. The molecule has 0 aliphatic carbocycles. The van der Waals surface area contributed by atoms with Crippen LogP contribution in [0, 0.1) is 6.92 Å². The quantitative estimate of drug-likeness (QED) is 0.674. The van der Waals surface area contributed by atoms with Crippen LogP contribution in [0.3, 0.4) is 0 Å². The summed E-state index contributed by atoms with van der Waals surface area (Å²) in [6, 6.07) is 11.8. The second-order valence-corrected chi connectivity index (χ2v) is 4.43. The number of imidazole rings is 1. The Morgan fingerprint density at radius 2 is 1.83 bits per heavy atom. The Hall–Kier alpha value is -2.36. The molecule has 4 nitrogen and oxygen atoms in total. The van der Waals surface area contributed by atoms with Gasteiger partial charge in [-0.25, -0.2) is 9.97 Å². The topological polar surface area (TPSA) is 67.6 Å². The van der Waals surface area contributed by atoms with Gasteiger partial charge >= 0.3 is 0 Å². The summed E-state index contributed by atoms with van der Waals surface area (Å²) >= 11 is 0. The largest absolute Gasteiger partial charge is 0.399 e. The molecule has 0 bridgehead atoms. The third-order valence-corrected chi connectivity index (χ3v) is 2.89. The van der Waals surface area contributed by atoms with Gasteiger partial charge in [-0.2, -0.15) is 0 Å². The maximum atomic E-state index is 5.66. The Labute approximate surface area is 105 Å². The second kappa shape index (κ2) is 4.14. The van der Waals surface area contributed by atoms with Gasteiger partial charge in [0.15, 0.2) is 5.65 Å². The lowest BCUT2D eigenvalue weighted by molar-refractivity contribution is 1.03. The van der Waals surface area contributed by atoms with Crippen LogP contribution < -0.4 is 5.73 Å². The Bertz CT molecular complexity index is 683. The average Bonchev–Trinajstić information content (AvgIpc) is 2.73. The van der Waals surface area contributed by atoms with Crippen molar-refractivity contribution in [2.24, 2.45) is 0 Å². The van der Waals surface area contributed by atoms with E-state index in [1.807, 2.05) is 43.3 Å². The van der Waals surface area contributed by atoms with Crippen LogP contribution in [0.15, 0.2) is 36.4 Å². The van der Waals surface area contributed by atoms with Gasteiger partial charge in [0.2, 0.25) is 0 Å². The molecule has 90 valence electrons. The number of nitrogens with zero attached hydrogens (tertiary/aromatic N) is 2. The number of nitrogens with two attached hydrogens (primary N) is 1. The summed E-state index contributed by atoms with van der Waals surface area (Å²) in [5.41, 5.74) is 10.4. The summed E-state index contributed by atoms with van der Waals surface area (Å²) in [7, 11) is 0. The molecule has 0 atom stereocenters. The van der Waals surface area contributed by atoms with E-state index in [-0.39, 0.29) is 0 Å². The molecule has 4 heteroatoms. The van der Waals surface area contributed by atoms with E-state index < -0.39 is 0 Å². The number of hydrogen-bond acceptors (Lipinski definition) is 3. The monoisotopic (exact) mass is 238 g/mol. The first kappa shape index (κ1) is 10.8. The van der Waals surface area contributed by atoms with E-state index in [1.54, 1.807) is 0 Å². The predicted molar refractivity (Wildman–Crippen MR) is 72.3 cm³/mol. The molecule has 0 radical (unpaired) electrons. The third kappa shape index (κ3) is 2.05. The number of anilines is 1. The number of aryl methyl sites for hydroxylation is 1. The summed E-state index contributed by atoms with van der Waals surface area (Å²) in [4.78, 5) is 12.2. The van der Waals surface area contributed by atoms with Crippen LogP contribution in [-0.4, -0.2) is 15.0 Å². The first-order chi connectivity index (χ1) is 8.70. The standard InChI is InChI=1S/C14H14N4/c1-9-2-7-12-14(16-9)18-13(17-12)8-10-3-5-11(15)6-4-10/h2-7H,8,15H2,1H3,(H,16,17,18). The number of aromatic amines is 1. The molecule has 3 rings (SSSR count). The lowest BCUT2D eigenvalue weighted by Gasteiger charge is -1.98. The number of nitrogens with one attached hydrogen (secondary N) is 1. The number of rotatable bonds is 2. The number of aromatic nitrogens is 3. The van der Waals surface area contributed by atoms with Gasteiger partial charge in [0.05, 0.1) is 5.52 Å². The lowest BCUT2D eigenvalue weighted by atomic mass is 10.1. The molecule has 3 N–H and O–H groups in total. The van der Waals surface area contributed by atoms with Crippen LogP contribution in [0.4, 0.5) is 5.69 Å². The summed E-state index contributed by atoms with van der Waals surface area (Å²) < 4.78 is 0. The zero-order valence-electron chi connectivity index (χ0n) is 10.1. The van der Waals surface area contributed by atoms with Crippen molar-refractivity contribution in [3.63, 3.8) is 0 Å². The predicted octanol–water partition coefficient (Wildman–Crippen LogP) is 2.44. The molecule has 0 unspecified atom stereocenters. The van der Waals surface area contributed by atoms with Gasteiger partial charge in [-0.15, -0.1) is 0 Å². The fourth-order valence-corrected chi connectivity index (χ4v) is 1.95. The molecule has 18 heavy (non-hydrogen) atoms. The minimum absolute atomic E-state index is 0.760. The van der Waals surface area contributed by atoms with Crippen molar-refractivity contribution >= 4 is 16.9 Å². The Balaban J connectivity index is 1.92. The van der Waals surface area contributed by atoms with Crippen molar-refractivity contribution in [1.82, 2.24) is 15.0 Å². The first-order valence-electron chi connectivity index (χ1n) is 5.87. The Morgan fingerprint density at radius 3 is 2.61 bits per heavy atom. The zero-order chi connectivity index (χ0) is 12.5. The van der Waals surface area contributed by atoms with Crippen LogP contribution in [0.1, 0.15) is 17.1 Å². The van der Waals surface area contributed by atoms with E-state index in [0.717, 1.165) is 34.8 Å². The van der Waals surface area contributed by atoms with Crippen LogP contribution >= 0.6 is 0 Å². The maximum absolute atomic E-state index is 5.66. The van der Waals surface area contributed by atoms with Crippen molar-refractivity contribution in [2.75, 3.05) is 5.73 Å². The lowest BCUT2D eigenvalue weighted by Crippen LogP contribution is -1.91. The van der Waals surface area contributed by atoms with Crippen molar-refractivity contribution < 1.29 is 0 Å². The van der Waals surface area contributed by atoms with E-state index in [9.17, 15) is 0 Å². The highest BCUT2D eigenvalue weighted by atomic mass is 15.0. The summed E-state index contributed by atoms with van der Waals surface area (Å²) in [6.45, 7) is 1.97. The normalized spacial score (nSPS) is 10.9. The molecular formula is C14H14N4. The minimum atomic E-state index is 0.760. The van der Waals surface area contributed by atoms with Crippen molar-refractivity contribution in [3.8, 4) is 0 Å². The van der Waals surface area contributed by atoms with Gasteiger partial charge in [0.25, 0.3) is 0 Å². The van der Waals surface area contributed by atoms with Gasteiger partial charge < -0.3 is 10.7 Å². The van der Waals surface area contributed by atoms with Crippen LogP contribution in [0.25, 0.3) is 11.2 Å². The minimum Gasteiger partial charge on any atom is -0.399 e. The Kier molecular flexibility index (Phi) is 2.48. The molecule has 0 aliphatic heterocycles. The molecule has 1 aromatic carbocycles. The molecule has 0 spiro atoms. The van der Waals surface area contributed by atoms with Gasteiger partial charge in [-0.3, -0.25) is 0 Å². The summed E-state index contributed by atoms with van der Waals surface area (Å²) in [5, 5.41) is 0. The average molecular weight is 238 g/mol. The molecule has 0 saturated carbocycles. The first-order valence-corrected chi connectivity index (χ1v) is 5.87. The highest BCUT2D eigenvalue weighted by Gasteiger charge is 2.04. The molecule has 0 fully saturated rings. The fraction of sp³-hybridized carbons (Fsp3) is 0.143. The van der Waals surface area contributed by atoms with E-state index in [2.05, 4.69) is 15.0 Å². The Morgan fingerprint density at radius 1 is 1.06 bits per heavy atom. The van der Waals surface area contributed by atoms with E-state index >= 15 is 0 Å². The van der Waals surface area contributed by atoms with Gasteiger partial charge in [-0.05, 0) is 36.8 Å². The van der Waals surface area contributed by atoms with Crippen molar-refractivity contribution in [3.05, 3.63) is 53.5 Å². The van der Waals surface area contributed by atoms with E-state index in [1.165, 1.54) is 5.56 Å². The number of hydrogen-bond donors (Lipinski definition) is 2. The van der Waals surface area contributed by atoms with Crippen LogP contribution in [0.5, 0.6) is 0 Å². The molecule has 3 aromatic rings. The number of nitrogen functional groups attached to an aromatic ring is 1. The number of pyridine rings is 1. The van der Waals surface area contributed by atoms with Gasteiger partial charge in [0, 0.05) is 17.8 Å². The molecule has 2 heterocycles. The van der Waals surface area contributed by atoms with E-state index in [4.69, 9.17) is 5.73 Å². The van der Waals surface area contributed by atoms with E-state index in [0.29, 0.717) is 0 Å². The van der Waals surface area contributed by atoms with Crippen molar-refractivity contribution in [1.29, 1.82) is 0 Å². The SMILES string of the molecule is Cc1ccc2[nH]c(Cc3ccc(N)cc3)nc2n1. The molecular weight excluding hydrogens is 224 g/mol. The van der Waals surface area contributed by atoms with Crippen LogP contribution in [-0.2, 0) is 6.42 Å². The van der Waals surface area contributed by atoms with Crippen molar-refractivity contribution in [2.45, 2.75) is 13.3 Å². The van der Waals surface area contributed by atoms with Crippen LogP contribution in [0.2, 0.25) is 0 Å².